The van der Waals surface area contributed by atoms with Crippen LogP contribution in [-0.4, -0.2) is 46.7 Å². The van der Waals surface area contributed by atoms with Crippen LogP contribution >= 0.6 is 0 Å². The molecule has 3 heterocycles. The minimum Gasteiger partial charge on any atom is -0.393 e. The van der Waals surface area contributed by atoms with Crippen LogP contribution in [0.3, 0.4) is 0 Å². The van der Waals surface area contributed by atoms with E-state index < -0.39 is 0 Å². The first-order chi connectivity index (χ1) is 5.75. The van der Waals surface area contributed by atoms with Gasteiger partial charge in [-0.3, -0.25) is 0 Å². The van der Waals surface area contributed by atoms with Gasteiger partial charge < -0.3 is 14.9 Å². The van der Waals surface area contributed by atoms with Gasteiger partial charge in [-0.1, -0.05) is 0 Å². The van der Waals surface area contributed by atoms with E-state index in [1.54, 1.807) is 0 Å². The minimum atomic E-state index is -0.177. The molecule has 3 aliphatic rings. The molecule has 3 aliphatic heterocycles. The van der Waals surface area contributed by atoms with E-state index in [0.717, 1.165) is 26.1 Å². The summed E-state index contributed by atoms with van der Waals surface area (Å²) in [6.07, 6.45) is 4.99. The van der Waals surface area contributed by atoms with Gasteiger partial charge in [0.05, 0.1) is 6.10 Å². The summed E-state index contributed by atoms with van der Waals surface area (Å²) in [6, 6.07) is 0.531. The maximum atomic E-state index is 9.26. The molecule has 68 valence electrons. The molecule has 0 aliphatic carbocycles. The second-order valence-corrected chi connectivity index (χ2v) is 3.77. The summed E-state index contributed by atoms with van der Waals surface area (Å²) < 4.78 is 0. The van der Waals surface area contributed by atoms with Crippen LogP contribution in [0.5, 0.6) is 0 Å². The van der Waals surface area contributed by atoms with Gasteiger partial charge >= 0.3 is 0 Å². The van der Waals surface area contributed by atoms with Crippen LogP contribution < -0.4 is 0 Å². The van der Waals surface area contributed by atoms with E-state index in [-0.39, 0.29) is 6.10 Å². The zero-order valence-corrected chi connectivity index (χ0v) is 7.48. The molecular weight excluding hydrogens is 152 g/mol. The molecule has 1 saturated heterocycles. The van der Waals surface area contributed by atoms with Crippen molar-refractivity contribution < 1.29 is 5.11 Å². The van der Waals surface area contributed by atoms with Crippen molar-refractivity contribution in [2.45, 2.75) is 25.5 Å². The van der Waals surface area contributed by atoms with E-state index in [2.05, 4.69) is 22.2 Å². The number of fused-ring (bicyclic) bond motifs is 2. The highest BCUT2D eigenvalue weighted by Gasteiger charge is 2.27. The van der Waals surface area contributed by atoms with E-state index in [0.29, 0.717) is 6.04 Å². The van der Waals surface area contributed by atoms with Gasteiger partial charge in [0.25, 0.3) is 0 Å². The summed E-state index contributed by atoms with van der Waals surface area (Å²) in [6.45, 7) is 5.21. The molecule has 2 bridgehead atoms. The van der Waals surface area contributed by atoms with Crippen molar-refractivity contribution in [3.8, 4) is 0 Å². The molecule has 1 fully saturated rings. The number of hydrogen-bond acceptors (Lipinski definition) is 3. The Balaban J connectivity index is 1.97. The largest absolute Gasteiger partial charge is 0.393 e. The van der Waals surface area contributed by atoms with Crippen molar-refractivity contribution in [1.29, 1.82) is 0 Å². The summed E-state index contributed by atoms with van der Waals surface area (Å²) in [5, 5.41) is 9.26. The van der Waals surface area contributed by atoms with Crippen LogP contribution in [-0.2, 0) is 0 Å². The lowest BCUT2D eigenvalue weighted by atomic mass is 10.0. The van der Waals surface area contributed by atoms with Crippen molar-refractivity contribution in [2.24, 2.45) is 0 Å². The Labute approximate surface area is 73.3 Å². The molecule has 0 spiro atoms. The molecule has 1 N–H and O–H groups in total. The van der Waals surface area contributed by atoms with E-state index in [4.69, 9.17) is 0 Å². The van der Waals surface area contributed by atoms with E-state index in [1.165, 1.54) is 0 Å². The van der Waals surface area contributed by atoms with Crippen molar-refractivity contribution in [3.05, 3.63) is 12.4 Å². The normalized spacial score (nSPS) is 29.7. The van der Waals surface area contributed by atoms with Crippen LogP contribution in [0.25, 0.3) is 0 Å². The molecule has 0 saturated carbocycles. The third kappa shape index (κ3) is 1.41. The second-order valence-electron chi connectivity index (χ2n) is 3.77. The van der Waals surface area contributed by atoms with Gasteiger partial charge in [-0.2, -0.15) is 0 Å². The number of hydrogen-bond donors (Lipinski definition) is 1. The number of rotatable bonds is 2. The maximum Gasteiger partial charge on any atom is 0.0532 e. The number of nitrogens with zero attached hydrogens (tertiary/aromatic N) is 2. The van der Waals surface area contributed by atoms with Crippen LogP contribution in [0.2, 0.25) is 0 Å². The predicted octanol–water partition coefficient (Wildman–Crippen LogP) is 0.228. The highest BCUT2D eigenvalue weighted by molar-refractivity contribution is 5.00. The van der Waals surface area contributed by atoms with Crippen molar-refractivity contribution >= 4 is 0 Å². The lowest BCUT2D eigenvalue weighted by molar-refractivity contribution is 0.0729. The lowest BCUT2D eigenvalue weighted by Gasteiger charge is -2.45. The number of aliphatic hydroxyl groups excluding tert-OH is 1. The summed E-state index contributed by atoms with van der Waals surface area (Å²) in [7, 11) is 0. The summed E-state index contributed by atoms with van der Waals surface area (Å²) in [5.74, 6) is 0. The van der Waals surface area contributed by atoms with E-state index in [1.807, 2.05) is 6.92 Å². The van der Waals surface area contributed by atoms with E-state index in [9.17, 15) is 5.11 Å². The third-order valence-electron chi connectivity index (χ3n) is 2.64. The van der Waals surface area contributed by atoms with Crippen LogP contribution in [0.4, 0.5) is 0 Å². The van der Waals surface area contributed by atoms with Gasteiger partial charge in [-0.25, -0.2) is 0 Å². The molecule has 12 heavy (non-hydrogen) atoms. The molecule has 0 radical (unpaired) electrons. The monoisotopic (exact) mass is 168 g/mol. The van der Waals surface area contributed by atoms with Crippen LogP contribution in [0.1, 0.15) is 13.3 Å². The van der Waals surface area contributed by atoms with Crippen LogP contribution in [0.15, 0.2) is 12.4 Å². The third-order valence-corrected chi connectivity index (χ3v) is 2.64. The molecular formula is C9H16N2O. The zero-order chi connectivity index (χ0) is 8.55. The van der Waals surface area contributed by atoms with Gasteiger partial charge in [0.15, 0.2) is 0 Å². The first kappa shape index (κ1) is 7.92. The average molecular weight is 168 g/mol. The smallest absolute Gasteiger partial charge is 0.0532 e. The molecule has 0 aromatic heterocycles. The standard InChI is InChI=1S/C9H16N2O/c1-8(12)6-9-7-10-2-4-11(9)5-3-10/h2,4,8-9,12H,3,5-7H2,1H3. The predicted molar refractivity (Wildman–Crippen MR) is 47.5 cm³/mol. The molecule has 3 nitrogen and oxygen atoms in total. The van der Waals surface area contributed by atoms with Gasteiger partial charge in [0, 0.05) is 38.1 Å². The Kier molecular flexibility index (Phi) is 1.97. The molecule has 0 aromatic rings. The van der Waals surface area contributed by atoms with E-state index >= 15 is 0 Å². The Hall–Kier alpha value is -0.700. The first-order valence-electron chi connectivity index (χ1n) is 4.62. The van der Waals surface area contributed by atoms with Gasteiger partial charge in [0.2, 0.25) is 0 Å². The van der Waals surface area contributed by atoms with Gasteiger partial charge in [-0.15, -0.1) is 0 Å². The SMILES string of the molecule is CC(O)CC1CN2C=CN1CC2. The summed E-state index contributed by atoms with van der Waals surface area (Å²) in [5.41, 5.74) is 0. The fraction of sp³-hybridized carbons (Fsp3) is 0.778. The average Bonchev–Trinajstić information content (AvgIpc) is 2.05. The second kappa shape index (κ2) is 2.98. The Morgan fingerprint density at radius 1 is 1.50 bits per heavy atom. The highest BCUT2D eigenvalue weighted by atomic mass is 16.3. The molecule has 3 rings (SSSR count). The van der Waals surface area contributed by atoms with Gasteiger partial charge in [-0.05, 0) is 13.3 Å². The fourth-order valence-corrected chi connectivity index (χ4v) is 2.01. The lowest BCUT2D eigenvalue weighted by Crippen LogP contribution is -2.53. The maximum absolute atomic E-state index is 9.26. The Morgan fingerprint density at radius 2 is 2.33 bits per heavy atom. The topological polar surface area (TPSA) is 26.7 Å². The molecule has 2 atom stereocenters. The van der Waals surface area contributed by atoms with Crippen LogP contribution in [0, 0.1) is 0 Å². The molecule has 0 amide bonds. The molecule has 0 aromatic carbocycles. The fourth-order valence-electron chi connectivity index (χ4n) is 2.01. The van der Waals surface area contributed by atoms with Crippen molar-refractivity contribution in [1.82, 2.24) is 9.80 Å². The Bertz CT molecular complexity index is 191. The zero-order valence-electron chi connectivity index (χ0n) is 7.48. The minimum absolute atomic E-state index is 0.177. The Morgan fingerprint density at radius 3 is 2.75 bits per heavy atom. The number of aliphatic hydroxyl groups is 1. The number of piperazine rings is 1. The van der Waals surface area contributed by atoms with Crippen molar-refractivity contribution in [2.75, 3.05) is 19.6 Å². The summed E-state index contributed by atoms with van der Waals surface area (Å²) >= 11 is 0. The first-order valence-corrected chi connectivity index (χ1v) is 4.62. The van der Waals surface area contributed by atoms with Gasteiger partial charge in [0.1, 0.15) is 0 Å². The van der Waals surface area contributed by atoms with Crippen molar-refractivity contribution in [3.63, 3.8) is 0 Å². The molecule has 3 heteroatoms. The summed E-state index contributed by atoms with van der Waals surface area (Å²) in [4.78, 5) is 4.67. The molecule has 2 unspecified atom stereocenters. The highest BCUT2D eigenvalue weighted by Crippen LogP contribution is 2.19. The quantitative estimate of drug-likeness (QED) is 0.639.